The van der Waals surface area contributed by atoms with Crippen molar-refractivity contribution in [1.29, 1.82) is 0 Å². The molecule has 1 aromatic heterocycles. The summed E-state index contributed by atoms with van der Waals surface area (Å²) in [6.45, 7) is 7.62. The predicted molar refractivity (Wildman–Crippen MR) is 83.6 cm³/mol. The molecule has 4 heteroatoms. The second-order valence-electron chi connectivity index (χ2n) is 6.00. The average Bonchev–Trinajstić information content (AvgIpc) is 2.42. The highest BCUT2D eigenvalue weighted by atomic mass is 16.5. The first-order chi connectivity index (χ1) is 9.84. The van der Waals surface area contributed by atoms with E-state index in [0.717, 1.165) is 5.75 Å². The molecule has 0 saturated carbocycles. The molecule has 0 unspecified atom stereocenters. The van der Waals surface area contributed by atoms with Crippen molar-refractivity contribution in [3.63, 3.8) is 0 Å². The van der Waals surface area contributed by atoms with Crippen molar-refractivity contribution in [1.82, 2.24) is 4.98 Å². The minimum Gasteiger partial charge on any atom is -0.439 e. The number of carbonyl (C=O) groups excluding carboxylic acids is 1. The quantitative estimate of drug-likeness (QED) is 0.920. The summed E-state index contributed by atoms with van der Waals surface area (Å²) in [5.74, 6) is 1.18. The molecule has 0 aliphatic heterocycles. The van der Waals surface area contributed by atoms with Crippen molar-refractivity contribution in [2.45, 2.75) is 27.7 Å². The molecule has 2 rings (SSSR count). The highest BCUT2D eigenvalue weighted by Gasteiger charge is 2.21. The SMILES string of the molecule is Cc1ccc(Oc2ccc(NC(=O)C(C)(C)C)cn2)cc1. The second-order valence-corrected chi connectivity index (χ2v) is 6.00. The van der Waals surface area contributed by atoms with Crippen LogP contribution in [0.2, 0.25) is 0 Å². The number of hydrogen-bond donors (Lipinski definition) is 1. The molecule has 0 atom stereocenters. The maximum atomic E-state index is 11.9. The van der Waals surface area contributed by atoms with Crippen LogP contribution in [0.25, 0.3) is 0 Å². The van der Waals surface area contributed by atoms with Gasteiger partial charge in [-0.25, -0.2) is 4.98 Å². The number of aromatic nitrogens is 1. The molecule has 0 spiro atoms. The minimum atomic E-state index is -0.433. The van der Waals surface area contributed by atoms with E-state index in [1.54, 1.807) is 18.3 Å². The van der Waals surface area contributed by atoms with Gasteiger partial charge in [-0.3, -0.25) is 4.79 Å². The Morgan fingerprint density at radius 1 is 1.10 bits per heavy atom. The number of amides is 1. The van der Waals surface area contributed by atoms with E-state index in [1.165, 1.54) is 5.56 Å². The molecule has 1 amide bonds. The van der Waals surface area contributed by atoms with Crippen molar-refractivity contribution in [2.75, 3.05) is 5.32 Å². The Labute approximate surface area is 125 Å². The van der Waals surface area contributed by atoms with Crippen LogP contribution in [0, 0.1) is 12.3 Å². The Hall–Kier alpha value is -2.36. The topological polar surface area (TPSA) is 51.2 Å². The number of aryl methyl sites for hydroxylation is 1. The van der Waals surface area contributed by atoms with Crippen LogP contribution >= 0.6 is 0 Å². The van der Waals surface area contributed by atoms with Gasteiger partial charge < -0.3 is 10.1 Å². The summed E-state index contributed by atoms with van der Waals surface area (Å²) in [4.78, 5) is 16.1. The summed E-state index contributed by atoms with van der Waals surface area (Å²) >= 11 is 0. The first-order valence-corrected chi connectivity index (χ1v) is 6.86. The van der Waals surface area contributed by atoms with Gasteiger partial charge in [0, 0.05) is 11.5 Å². The lowest BCUT2D eigenvalue weighted by atomic mass is 9.96. The molecule has 4 nitrogen and oxygen atoms in total. The summed E-state index contributed by atoms with van der Waals surface area (Å²) in [5, 5.41) is 2.82. The van der Waals surface area contributed by atoms with Crippen LogP contribution in [0.3, 0.4) is 0 Å². The van der Waals surface area contributed by atoms with Crippen LogP contribution in [-0.4, -0.2) is 10.9 Å². The lowest BCUT2D eigenvalue weighted by Crippen LogP contribution is -2.27. The number of rotatable bonds is 3. The summed E-state index contributed by atoms with van der Waals surface area (Å²) in [5.41, 5.74) is 1.40. The Balaban J connectivity index is 2.02. The van der Waals surface area contributed by atoms with Gasteiger partial charge in [0.2, 0.25) is 11.8 Å². The zero-order valence-electron chi connectivity index (χ0n) is 12.8. The lowest BCUT2D eigenvalue weighted by molar-refractivity contribution is -0.123. The van der Waals surface area contributed by atoms with Crippen LogP contribution in [-0.2, 0) is 4.79 Å². The first kappa shape index (κ1) is 15.0. The summed E-state index contributed by atoms with van der Waals surface area (Å²) in [6.07, 6.45) is 1.59. The molecule has 1 N–H and O–H groups in total. The molecule has 0 aliphatic carbocycles. The van der Waals surface area contributed by atoms with Gasteiger partial charge in [0.1, 0.15) is 5.75 Å². The van der Waals surface area contributed by atoms with Crippen molar-refractivity contribution < 1.29 is 9.53 Å². The first-order valence-electron chi connectivity index (χ1n) is 6.86. The standard InChI is InChI=1S/C17H20N2O2/c1-12-5-8-14(9-6-12)21-15-10-7-13(11-18-15)19-16(20)17(2,3)4/h5-11H,1-4H3,(H,19,20). The summed E-state index contributed by atoms with van der Waals surface area (Å²) < 4.78 is 5.64. The predicted octanol–water partition coefficient (Wildman–Crippen LogP) is 4.17. The molecule has 0 aliphatic rings. The molecule has 0 radical (unpaired) electrons. The maximum absolute atomic E-state index is 11.9. The molecule has 110 valence electrons. The van der Waals surface area contributed by atoms with Gasteiger partial charge in [-0.1, -0.05) is 38.5 Å². The van der Waals surface area contributed by atoms with Crippen LogP contribution in [0.1, 0.15) is 26.3 Å². The molecule has 21 heavy (non-hydrogen) atoms. The smallest absolute Gasteiger partial charge is 0.229 e. The minimum absolute atomic E-state index is 0.0449. The van der Waals surface area contributed by atoms with Crippen molar-refractivity contribution >= 4 is 11.6 Å². The molecule has 0 fully saturated rings. The van der Waals surface area contributed by atoms with Crippen LogP contribution in [0.4, 0.5) is 5.69 Å². The third-order valence-electron chi connectivity index (χ3n) is 2.92. The fraction of sp³-hybridized carbons (Fsp3) is 0.294. The molecular weight excluding hydrogens is 264 g/mol. The number of pyridine rings is 1. The highest BCUT2D eigenvalue weighted by Crippen LogP contribution is 2.22. The van der Waals surface area contributed by atoms with E-state index in [0.29, 0.717) is 11.6 Å². The van der Waals surface area contributed by atoms with Gasteiger partial charge in [0.05, 0.1) is 11.9 Å². The molecule has 0 bridgehead atoms. The van der Waals surface area contributed by atoms with Gasteiger partial charge in [-0.15, -0.1) is 0 Å². The van der Waals surface area contributed by atoms with Gasteiger partial charge in [0.15, 0.2) is 0 Å². The molecule has 2 aromatic rings. The Morgan fingerprint density at radius 3 is 2.29 bits per heavy atom. The van der Waals surface area contributed by atoms with E-state index in [4.69, 9.17) is 4.74 Å². The van der Waals surface area contributed by atoms with Crippen molar-refractivity contribution in [3.8, 4) is 11.6 Å². The van der Waals surface area contributed by atoms with E-state index in [1.807, 2.05) is 52.0 Å². The fourth-order valence-corrected chi connectivity index (χ4v) is 1.56. The Bertz CT molecular complexity index is 611. The van der Waals surface area contributed by atoms with Gasteiger partial charge in [0.25, 0.3) is 0 Å². The van der Waals surface area contributed by atoms with Crippen LogP contribution in [0.5, 0.6) is 11.6 Å². The molecule has 1 aromatic carbocycles. The number of hydrogen-bond acceptors (Lipinski definition) is 3. The van der Waals surface area contributed by atoms with Crippen LogP contribution in [0.15, 0.2) is 42.6 Å². The normalized spacial score (nSPS) is 11.0. The molecular formula is C17H20N2O2. The van der Waals surface area contributed by atoms with E-state index >= 15 is 0 Å². The van der Waals surface area contributed by atoms with Gasteiger partial charge in [-0.2, -0.15) is 0 Å². The summed E-state index contributed by atoms with van der Waals surface area (Å²) in [6, 6.07) is 11.3. The van der Waals surface area contributed by atoms with E-state index in [9.17, 15) is 4.79 Å². The third kappa shape index (κ3) is 4.31. The third-order valence-corrected chi connectivity index (χ3v) is 2.92. The Kier molecular flexibility index (Phi) is 4.26. The fourth-order valence-electron chi connectivity index (χ4n) is 1.56. The van der Waals surface area contributed by atoms with E-state index in [2.05, 4.69) is 10.3 Å². The average molecular weight is 284 g/mol. The number of carbonyl (C=O) groups is 1. The van der Waals surface area contributed by atoms with Crippen molar-refractivity contribution in [3.05, 3.63) is 48.2 Å². The molecule has 0 saturated heterocycles. The lowest BCUT2D eigenvalue weighted by Gasteiger charge is -2.17. The second kappa shape index (κ2) is 5.95. The summed E-state index contributed by atoms with van der Waals surface area (Å²) in [7, 11) is 0. The highest BCUT2D eigenvalue weighted by molar-refractivity contribution is 5.94. The Morgan fingerprint density at radius 2 is 1.76 bits per heavy atom. The van der Waals surface area contributed by atoms with Crippen LogP contribution < -0.4 is 10.1 Å². The van der Waals surface area contributed by atoms with E-state index < -0.39 is 5.41 Å². The number of benzene rings is 1. The van der Waals surface area contributed by atoms with Crippen molar-refractivity contribution in [2.24, 2.45) is 5.41 Å². The number of nitrogens with zero attached hydrogens (tertiary/aromatic N) is 1. The largest absolute Gasteiger partial charge is 0.439 e. The van der Waals surface area contributed by atoms with E-state index in [-0.39, 0.29) is 5.91 Å². The number of nitrogens with one attached hydrogen (secondary N) is 1. The maximum Gasteiger partial charge on any atom is 0.229 e. The zero-order chi connectivity index (χ0) is 15.5. The number of ether oxygens (including phenoxy) is 1. The van der Waals surface area contributed by atoms with Gasteiger partial charge >= 0.3 is 0 Å². The zero-order valence-corrected chi connectivity index (χ0v) is 12.8. The number of anilines is 1. The van der Waals surface area contributed by atoms with Gasteiger partial charge in [-0.05, 0) is 25.1 Å². The monoisotopic (exact) mass is 284 g/mol. The molecule has 1 heterocycles.